The van der Waals surface area contributed by atoms with E-state index < -0.39 is 29.6 Å². The molecule has 2 unspecified atom stereocenters. The van der Waals surface area contributed by atoms with Crippen molar-refractivity contribution >= 4 is 17.5 Å². The van der Waals surface area contributed by atoms with Crippen molar-refractivity contribution in [2.75, 3.05) is 19.8 Å². The summed E-state index contributed by atoms with van der Waals surface area (Å²) in [5.41, 5.74) is -0.129. The van der Waals surface area contributed by atoms with E-state index in [1.807, 2.05) is 31.2 Å². The summed E-state index contributed by atoms with van der Waals surface area (Å²) < 4.78 is 57.6. The molecule has 0 aliphatic heterocycles. The van der Waals surface area contributed by atoms with Gasteiger partial charge in [-0.2, -0.15) is 13.2 Å². The van der Waals surface area contributed by atoms with E-state index in [1.165, 1.54) is 50.0 Å². The molecule has 0 saturated carbocycles. The van der Waals surface area contributed by atoms with Crippen LogP contribution in [-0.2, 0) is 19.7 Å². The Morgan fingerprint density at radius 2 is 1.57 bits per heavy atom. The minimum Gasteiger partial charge on any atom is -0.494 e. The largest absolute Gasteiger partial charge is 0.494 e. The van der Waals surface area contributed by atoms with Crippen LogP contribution in [0.1, 0.15) is 106 Å². The van der Waals surface area contributed by atoms with Crippen LogP contribution in [0.3, 0.4) is 0 Å². The molecule has 0 heterocycles. The van der Waals surface area contributed by atoms with Gasteiger partial charge in [-0.1, -0.05) is 94.0 Å². The van der Waals surface area contributed by atoms with Crippen LogP contribution in [0.15, 0.2) is 66.8 Å². The minimum absolute atomic E-state index is 0.00271. The number of hydrogen-bond acceptors (Lipinski definition) is 5. The average molecular weight is 645 g/mol. The number of rotatable bonds is 20. The van der Waals surface area contributed by atoms with E-state index in [0.29, 0.717) is 32.7 Å². The van der Waals surface area contributed by atoms with Gasteiger partial charge in [-0.05, 0) is 73.9 Å². The molecule has 2 aromatic rings. The van der Waals surface area contributed by atoms with Gasteiger partial charge >= 0.3 is 18.1 Å². The van der Waals surface area contributed by atoms with E-state index in [0.717, 1.165) is 29.7 Å². The van der Waals surface area contributed by atoms with Crippen LogP contribution in [0.25, 0.3) is 5.57 Å². The Balaban J connectivity index is 1.69. The standard InChI is InChI=1S/C37H47F3O6/c1-3-5-6-7-8-14-27-45-30-20-18-28(19-21-30)29-22-24-36(25-23-29,35(42)43)32-16-12-11-15-31(32)34(41)46-33(37(38,39)40)17-10-9-13-26-44-4-2/h11-12,15-16,18-24,33H,3-10,13-14,17,25-27H2,1-2H3,(H,42,43). The number of alkyl halides is 3. The molecule has 6 nitrogen and oxygen atoms in total. The number of carbonyl (C=O) groups is 2. The van der Waals surface area contributed by atoms with Crippen LogP contribution in [-0.4, -0.2) is 49.1 Å². The van der Waals surface area contributed by atoms with Gasteiger partial charge in [-0.25, -0.2) is 4.79 Å². The van der Waals surface area contributed by atoms with E-state index in [1.54, 1.807) is 18.2 Å². The number of hydrogen-bond donors (Lipinski definition) is 1. The van der Waals surface area contributed by atoms with Crippen LogP contribution in [0.2, 0.25) is 0 Å². The second kappa shape index (κ2) is 18.5. The normalized spacial score (nSPS) is 16.9. The fourth-order valence-corrected chi connectivity index (χ4v) is 5.53. The van der Waals surface area contributed by atoms with Gasteiger partial charge < -0.3 is 19.3 Å². The Hall–Kier alpha value is -3.59. The van der Waals surface area contributed by atoms with Gasteiger partial charge in [0.05, 0.1) is 12.2 Å². The topological polar surface area (TPSA) is 82.1 Å². The van der Waals surface area contributed by atoms with Crippen LogP contribution in [0, 0.1) is 0 Å². The Bertz CT molecular complexity index is 1300. The van der Waals surface area contributed by atoms with Crippen molar-refractivity contribution < 1.29 is 42.1 Å². The highest BCUT2D eigenvalue weighted by atomic mass is 19.4. The zero-order chi connectivity index (χ0) is 33.4. The summed E-state index contributed by atoms with van der Waals surface area (Å²) in [5.74, 6) is -1.67. The Labute approximate surface area is 270 Å². The molecule has 2 atom stereocenters. The maximum Gasteiger partial charge on any atom is 0.425 e. The SMILES string of the molecule is CCCCCCCCOc1ccc(C2=CCC(C(=O)O)(c3ccccc3C(=O)OC(CCCCCOCC)C(F)(F)F)C=C2)cc1. The smallest absolute Gasteiger partial charge is 0.425 e. The van der Waals surface area contributed by atoms with Crippen molar-refractivity contribution in [3.63, 3.8) is 0 Å². The third-order valence-electron chi connectivity index (χ3n) is 8.23. The summed E-state index contributed by atoms with van der Waals surface area (Å²) in [7, 11) is 0. The molecule has 0 fully saturated rings. The molecule has 0 bridgehead atoms. The average Bonchev–Trinajstić information content (AvgIpc) is 3.05. The van der Waals surface area contributed by atoms with Crippen molar-refractivity contribution in [2.24, 2.45) is 0 Å². The molecule has 46 heavy (non-hydrogen) atoms. The fraction of sp³-hybridized carbons (Fsp3) is 0.514. The van der Waals surface area contributed by atoms with E-state index >= 15 is 0 Å². The van der Waals surface area contributed by atoms with Gasteiger partial charge in [0.1, 0.15) is 11.2 Å². The minimum atomic E-state index is -4.76. The van der Waals surface area contributed by atoms with Crippen molar-refractivity contribution in [3.8, 4) is 5.75 Å². The van der Waals surface area contributed by atoms with Gasteiger partial charge in [0.15, 0.2) is 6.10 Å². The lowest BCUT2D eigenvalue weighted by Gasteiger charge is -2.30. The molecule has 252 valence electrons. The van der Waals surface area contributed by atoms with E-state index in [-0.39, 0.29) is 30.4 Å². The monoisotopic (exact) mass is 644 g/mol. The number of benzene rings is 2. The lowest BCUT2D eigenvalue weighted by molar-refractivity contribution is -0.206. The van der Waals surface area contributed by atoms with Gasteiger partial charge in [-0.15, -0.1) is 0 Å². The number of unbranched alkanes of at least 4 members (excludes halogenated alkanes) is 7. The molecule has 2 aromatic carbocycles. The first-order valence-corrected chi connectivity index (χ1v) is 16.4. The van der Waals surface area contributed by atoms with Crippen LogP contribution >= 0.6 is 0 Å². The second-order valence-electron chi connectivity index (χ2n) is 11.6. The van der Waals surface area contributed by atoms with Gasteiger partial charge in [0.25, 0.3) is 0 Å². The number of carbonyl (C=O) groups excluding carboxylic acids is 1. The van der Waals surface area contributed by atoms with Crippen LogP contribution in [0.5, 0.6) is 5.75 Å². The summed E-state index contributed by atoms with van der Waals surface area (Å²) in [6.45, 7) is 5.68. The van der Waals surface area contributed by atoms with Gasteiger partial charge in [-0.3, -0.25) is 4.79 Å². The Morgan fingerprint density at radius 3 is 2.22 bits per heavy atom. The zero-order valence-corrected chi connectivity index (χ0v) is 27.0. The Kier molecular flexibility index (Phi) is 14.9. The molecule has 9 heteroatoms. The van der Waals surface area contributed by atoms with E-state index in [2.05, 4.69) is 6.92 Å². The molecular weight excluding hydrogens is 597 g/mol. The molecule has 1 N–H and O–H groups in total. The number of halogens is 3. The number of aliphatic carboxylic acids is 1. The highest BCUT2D eigenvalue weighted by Crippen LogP contribution is 2.39. The maximum absolute atomic E-state index is 13.8. The van der Waals surface area contributed by atoms with Crippen LogP contribution < -0.4 is 4.74 Å². The lowest BCUT2D eigenvalue weighted by Crippen LogP contribution is -2.38. The molecule has 0 aromatic heterocycles. The molecule has 3 rings (SSSR count). The predicted octanol–water partition coefficient (Wildman–Crippen LogP) is 9.48. The summed E-state index contributed by atoms with van der Waals surface area (Å²) in [4.78, 5) is 25.9. The number of esters is 1. The first-order chi connectivity index (χ1) is 22.1. The first-order valence-electron chi connectivity index (χ1n) is 16.4. The number of ether oxygens (including phenoxy) is 3. The molecule has 1 aliphatic rings. The highest BCUT2D eigenvalue weighted by Gasteiger charge is 2.45. The molecule has 0 saturated heterocycles. The lowest BCUT2D eigenvalue weighted by atomic mass is 9.72. The van der Waals surface area contributed by atoms with Crippen LogP contribution in [0.4, 0.5) is 13.2 Å². The third-order valence-corrected chi connectivity index (χ3v) is 8.23. The summed E-state index contributed by atoms with van der Waals surface area (Å²) in [5, 5.41) is 10.4. The number of carboxylic acids is 1. The van der Waals surface area contributed by atoms with E-state index in [4.69, 9.17) is 14.2 Å². The summed E-state index contributed by atoms with van der Waals surface area (Å²) in [6, 6.07) is 13.4. The Morgan fingerprint density at radius 1 is 0.891 bits per heavy atom. The van der Waals surface area contributed by atoms with E-state index in [9.17, 15) is 27.9 Å². The van der Waals surface area contributed by atoms with Crippen molar-refractivity contribution in [3.05, 3.63) is 83.4 Å². The van der Waals surface area contributed by atoms with Gasteiger partial charge in [0.2, 0.25) is 0 Å². The first kappa shape index (κ1) is 36.9. The summed E-state index contributed by atoms with van der Waals surface area (Å²) in [6.07, 6.45) is 5.88. The zero-order valence-electron chi connectivity index (χ0n) is 27.0. The summed E-state index contributed by atoms with van der Waals surface area (Å²) >= 11 is 0. The molecule has 0 spiro atoms. The van der Waals surface area contributed by atoms with Crippen molar-refractivity contribution in [1.82, 2.24) is 0 Å². The third kappa shape index (κ3) is 10.7. The molecule has 1 aliphatic carbocycles. The van der Waals surface area contributed by atoms with Crippen molar-refractivity contribution in [2.45, 2.75) is 102 Å². The second-order valence-corrected chi connectivity index (χ2v) is 11.6. The van der Waals surface area contributed by atoms with Crippen molar-refractivity contribution in [1.29, 1.82) is 0 Å². The quantitative estimate of drug-likeness (QED) is 0.114. The molecule has 0 amide bonds. The maximum atomic E-state index is 13.8. The predicted molar refractivity (Wildman–Crippen MR) is 173 cm³/mol. The highest BCUT2D eigenvalue weighted by molar-refractivity contribution is 5.97. The number of allylic oxidation sites excluding steroid dienone is 3. The fourth-order valence-electron chi connectivity index (χ4n) is 5.53. The molecule has 0 radical (unpaired) electrons. The molecular formula is C37H47F3O6. The van der Waals surface area contributed by atoms with Gasteiger partial charge in [0, 0.05) is 13.2 Å². The number of carboxylic acid groups (broad SMARTS) is 1.